The normalized spacial score (nSPS) is 14.2. The van der Waals surface area contributed by atoms with Crippen molar-refractivity contribution in [2.45, 2.75) is 19.4 Å². The first kappa shape index (κ1) is 15.6. The van der Waals surface area contributed by atoms with Gasteiger partial charge in [0.1, 0.15) is 5.69 Å². The Morgan fingerprint density at radius 1 is 1.20 bits per heavy atom. The van der Waals surface area contributed by atoms with Gasteiger partial charge in [-0.2, -0.15) is 4.98 Å². The van der Waals surface area contributed by atoms with Gasteiger partial charge in [-0.3, -0.25) is 4.79 Å². The fraction of sp³-hybridized carbons (Fsp3) is 0.278. The second-order valence-corrected chi connectivity index (χ2v) is 6.13. The first-order valence-electron chi connectivity index (χ1n) is 8.36. The molecule has 0 saturated carbocycles. The quantitative estimate of drug-likeness (QED) is 0.761. The molecule has 7 nitrogen and oxygen atoms in total. The van der Waals surface area contributed by atoms with Crippen molar-refractivity contribution in [2.24, 2.45) is 5.73 Å². The van der Waals surface area contributed by atoms with E-state index in [4.69, 9.17) is 10.3 Å². The van der Waals surface area contributed by atoms with Crippen LogP contribution in [0.5, 0.6) is 0 Å². The average Bonchev–Trinajstić information content (AvgIpc) is 3.42. The van der Waals surface area contributed by atoms with Crippen LogP contribution in [-0.4, -0.2) is 39.0 Å². The smallest absolute Gasteiger partial charge is 0.270 e. The Kier molecular flexibility index (Phi) is 4.07. The van der Waals surface area contributed by atoms with Crippen molar-refractivity contribution in [1.29, 1.82) is 0 Å². The van der Waals surface area contributed by atoms with Crippen LogP contribution < -0.4 is 5.73 Å². The number of carbonyl (C=O) groups is 1. The highest BCUT2D eigenvalue weighted by molar-refractivity contribution is 5.93. The zero-order valence-electron chi connectivity index (χ0n) is 13.7. The summed E-state index contributed by atoms with van der Waals surface area (Å²) in [4.78, 5) is 21.7. The maximum atomic E-state index is 12.4. The van der Waals surface area contributed by atoms with Crippen LogP contribution in [0.4, 0.5) is 0 Å². The molecule has 7 heteroatoms. The van der Waals surface area contributed by atoms with Gasteiger partial charge >= 0.3 is 0 Å². The average molecular weight is 337 g/mol. The minimum atomic E-state index is 0.0147. The third-order valence-corrected chi connectivity index (χ3v) is 4.43. The zero-order valence-corrected chi connectivity index (χ0v) is 13.7. The highest BCUT2D eigenvalue weighted by Crippen LogP contribution is 2.24. The lowest BCUT2D eigenvalue weighted by Crippen LogP contribution is -2.27. The molecule has 0 atom stereocenters. The number of H-pyrrole nitrogens is 1. The predicted octanol–water partition coefficient (Wildman–Crippen LogP) is 2.43. The van der Waals surface area contributed by atoms with Crippen molar-refractivity contribution in [3.05, 3.63) is 47.8 Å². The van der Waals surface area contributed by atoms with Crippen LogP contribution in [0.25, 0.3) is 22.8 Å². The van der Waals surface area contributed by atoms with E-state index in [0.717, 1.165) is 37.1 Å². The van der Waals surface area contributed by atoms with E-state index in [2.05, 4.69) is 15.1 Å². The van der Waals surface area contributed by atoms with Crippen molar-refractivity contribution in [3.8, 4) is 22.8 Å². The number of hydrogen-bond acceptors (Lipinski definition) is 5. The highest BCUT2D eigenvalue weighted by Gasteiger charge is 2.22. The summed E-state index contributed by atoms with van der Waals surface area (Å²) in [6.07, 6.45) is 3.85. The number of hydrogen-bond donors (Lipinski definition) is 2. The fourth-order valence-corrected chi connectivity index (χ4v) is 2.98. The number of carbonyl (C=O) groups excluding carboxylic acids is 1. The van der Waals surface area contributed by atoms with Crippen molar-refractivity contribution in [2.75, 3.05) is 13.1 Å². The topological polar surface area (TPSA) is 101 Å². The first-order chi connectivity index (χ1) is 12.2. The van der Waals surface area contributed by atoms with Crippen LogP contribution in [0.15, 0.2) is 41.1 Å². The van der Waals surface area contributed by atoms with Crippen LogP contribution in [0.3, 0.4) is 0 Å². The monoisotopic (exact) mass is 337 g/mol. The number of benzene rings is 1. The van der Waals surface area contributed by atoms with Crippen molar-refractivity contribution in [1.82, 2.24) is 20.0 Å². The number of nitrogens with zero attached hydrogens (tertiary/aromatic N) is 3. The summed E-state index contributed by atoms with van der Waals surface area (Å²) < 4.78 is 5.35. The molecule has 1 amide bonds. The molecule has 2 aromatic heterocycles. The SMILES string of the molecule is NCc1ccc(-c2noc(-c3c[nH]c(C(=O)N4CCCC4)c3)n2)cc1. The third kappa shape index (κ3) is 3.06. The van der Waals surface area contributed by atoms with Crippen LogP contribution >= 0.6 is 0 Å². The molecule has 0 spiro atoms. The third-order valence-electron chi connectivity index (χ3n) is 4.43. The van der Waals surface area contributed by atoms with E-state index in [1.165, 1.54) is 0 Å². The lowest BCUT2D eigenvalue weighted by molar-refractivity contribution is 0.0788. The standard InChI is InChI=1S/C18H19N5O2/c19-10-12-3-5-13(6-4-12)16-21-17(25-22-16)14-9-15(20-11-14)18(24)23-7-1-2-8-23/h3-6,9,11,20H,1-2,7-8,10,19H2. The molecule has 0 unspecified atom stereocenters. The van der Waals surface area contributed by atoms with Crippen LogP contribution in [-0.2, 0) is 6.54 Å². The maximum absolute atomic E-state index is 12.4. The lowest BCUT2D eigenvalue weighted by Gasteiger charge is -2.13. The molecular formula is C18H19N5O2. The predicted molar refractivity (Wildman–Crippen MR) is 92.5 cm³/mol. The molecule has 128 valence electrons. The van der Waals surface area contributed by atoms with E-state index in [1.54, 1.807) is 12.3 Å². The Morgan fingerprint density at radius 2 is 1.96 bits per heavy atom. The molecule has 1 saturated heterocycles. The number of aromatic nitrogens is 3. The highest BCUT2D eigenvalue weighted by atomic mass is 16.5. The largest absolute Gasteiger partial charge is 0.356 e. The van der Waals surface area contributed by atoms with Gasteiger partial charge in [-0.25, -0.2) is 0 Å². The molecule has 4 rings (SSSR count). The van der Waals surface area contributed by atoms with E-state index in [1.807, 2.05) is 29.2 Å². The zero-order chi connectivity index (χ0) is 17.2. The van der Waals surface area contributed by atoms with Gasteiger partial charge < -0.3 is 20.1 Å². The number of aromatic amines is 1. The summed E-state index contributed by atoms with van der Waals surface area (Å²) in [6, 6.07) is 9.46. The van der Waals surface area contributed by atoms with E-state index in [-0.39, 0.29) is 5.91 Å². The van der Waals surface area contributed by atoms with Gasteiger partial charge in [-0.15, -0.1) is 0 Å². The molecule has 0 aliphatic carbocycles. The molecule has 3 aromatic rings. The molecular weight excluding hydrogens is 318 g/mol. The van der Waals surface area contributed by atoms with Gasteiger partial charge in [0.2, 0.25) is 5.82 Å². The van der Waals surface area contributed by atoms with Crippen molar-refractivity contribution in [3.63, 3.8) is 0 Å². The first-order valence-corrected chi connectivity index (χ1v) is 8.36. The van der Waals surface area contributed by atoms with E-state index < -0.39 is 0 Å². The molecule has 1 fully saturated rings. The molecule has 3 heterocycles. The van der Waals surface area contributed by atoms with E-state index >= 15 is 0 Å². The van der Waals surface area contributed by atoms with Crippen LogP contribution in [0.2, 0.25) is 0 Å². The summed E-state index contributed by atoms with van der Waals surface area (Å²) in [7, 11) is 0. The number of amides is 1. The Morgan fingerprint density at radius 3 is 2.68 bits per heavy atom. The van der Waals surface area contributed by atoms with Crippen molar-refractivity contribution < 1.29 is 9.32 Å². The van der Waals surface area contributed by atoms with E-state index in [9.17, 15) is 4.79 Å². The molecule has 1 aliphatic heterocycles. The number of nitrogens with two attached hydrogens (primary N) is 1. The number of nitrogens with one attached hydrogen (secondary N) is 1. The Labute approximate surface area is 144 Å². The summed E-state index contributed by atoms with van der Waals surface area (Å²) in [5.41, 5.74) is 8.76. The molecule has 0 radical (unpaired) electrons. The van der Waals surface area contributed by atoms with Gasteiger partial charge in [-0.1, -0.05) is 29.4 Å². The second kappa shape index (κ2) is 6.52. The molecule has 3 N–H and O–H groups in total. The molecule has 25 heavy (non-hydrogen) atoms. The van der Waals surface area contributed by atoms with E-state index in [0.29, 0.717) is 29.5 Å². The number of likely N-dealkylation sites (tertiary alicyclic amines) is 1. The summed E-state index contributed by atoms with van der Waals surface area (Å²) >= 11 is 0. The molecule has 1 aromatic carbocycles. The van der Waals surface area contributed by atoms with Crippen LogP contribution in [0, 0.1) is 0 Å². The second-order valence-electron chi connectivity index (χ2n) is 6.13. The maximum Gasteiger partial charge on any atom is 0.270 e. The lowest BCUT2D eigenvalue weighted by atomic mass is 10.1. The minimum Gasteiger partial charge on any atom is -0.356 e. The number of rotatable bonds is 4. The van der Waals surface area contributed by atoms with Gasteiger partial charge in [0.05, 0.1) is 5.56 Å². The Balaban J connectivity index is 1.54. The van der Waals surface area contributed by atoms with Gasteiger partial charge in [-0.05, 0) is 24.5 Å². The molecule has 0 bridgehead atoms. The Bertz CT molecular complexity index is 875. The minimum absolute atomic E-state index is 0.0147. The van der Waals surface area contributed by atoms with Gasteiger partial charge in [0.15, 0.2) is 0 Å². The van der Waals surface area contributed by atoms with Crippen LogP contribution in [0.1, 0.15) is 28.9 Å². The van der Waals surface area contributed by atoms with Crippen molar-refractivity contribution >= 4 is 5.91 Å². The van der Waals surface area contributed by atoms with Gasteiger partial charge in [0, 0.05) is 31.4 Å². The van der Waals surface area contributed by atoms with Gasteiger partial charge in [0.25, 0.3) is 11.8 Å². The molecule has 1 aliphatic rings. The Hall–Kier alpha value is -2.93. The fourth-order valence-electron chi connectivity index (χ4n) is 2.98. The summed E-state index contributed by atoms with van der Waals surface area (Å²) in [5.74, 6) is 0.905. The summed E-state index contributed by atoms with van der Waals surface area (Å²) in [5, 5.41) is 4.02. The summed E-state index contributed by atoms with van der Waals surface area (Å²) in [6.45, 7) is 2.13.